The Hall–Kier alpha value is -7.89. The molecule has 11 rings (SSSR count). The molecule has 2 aliphatic rings. The number of rotatable bonds is 5. The van der Waals surface area contributed by atoms with Gasteiger partial charge in [-0.1, -0.05) is 89.5 Å². The Kier molecular flexibility index (Phi) is 9.93. The average Bonchev–Trinajstić information content (AvgIpc) is 4.13. The van der Waals surface area contributed by atoms with Gasteiger partial charge in [-0.2, -0.15) is 0 Å². The van der Waals surface area contributed by atoms with Gasteiger partial charge in [0.1, 0.15) is 0 Å². The third-order valence-electron chi connectivity index (χ3n) is 13.8. The van der Waals surface area contributed by atoms with Crippen molar-refractivity contribution in [3.8, 4) is 44.5 Å². The minimum atomic E-state index is 0.666. The van der Waals surface area contributed by atoms with Crippen LogP contribution in [-0.2, 0) is 0 Å². The molecule has 5 heteroatoms. The first-order chi connectivity index (χ1) is 32.3. The zero-order valence-electron chi connectivity index (χ0n) is 39.6. The van der Waals surface area contributed by atoms with Crippen molar-refractivity contribution in [3.63, 3.8) is 0 Å². The predicted molar refractivity (Wildman–Crippen MR) is 284 cm³/mol. The molecule has 0 saturated carbocycles. The van der Waals surface area contributed by atoms with Crippen LogP contribution in [0.15, 0.2) is 109 Å². The fraction of sp³-hybridized carbons (Fsp3) is 0.145. The van der Waals surface area contributed by atoms with E-state index in [1.807, 2.05) is 12.1 Å². The van der Waals surface area contributed by atoms with Crippen molar-refractivity contribution in [2.24, 2.45) is 0 Å². The Labute approximate surface area is 391 Å². The summed E-state index contributed by atoms with van der Waals surface area (Å²) in [6.45, 7) is 19.7. The van der Waals surface area contributed by atoms with Gasteiger partial charge in [0.25, 0.3) is 0 Å². The van der Waals surface area contributed by atoms with Crippen LogP contribution in [0.2, 0.25) is 0 Å². The highest BCUT2D eigenvalue weighted by molar-refractivity contribution is 6.12. The molecule has 0 fully saturated rings. The largest absolute Gasteiger partial charge is 0.354 e. The number of aromatic nitrogens is 4. The van der Waals surface area contributed by atoms with Crippen molar-refractivity contribution in [2.45, 2.75) is 62.3 Å². The Morgan fingerprint density at radius 2 is 0.731 bits per heavy atom. The minimum absolute atomic E-state index is 0.666. The molecule has 67 heavy (non-hydrogen) atoms. The SMILES string of the molecule is Cc1cc(C)c(-c2c3nc(c(-c4c(C)cc(C)cc4C)c4ccc([nH]4)c(-c4cccc5cc6cccc(C=O)c6cc45)c4nc(c(-c5c(C)cc(C)cc5C)c5ccc2[nH]5)C=C4)C=C3)c(C)c1. The Balaban J connectivity index is 1.36. The maximum absolute atomic E-state index is 12.4. The van der Waals surface area contributed by atoms with E-state index >= 15 is 0 Å². The molecule has 2 aliphatic heterocycles. The number of aldehydes is 1. The van der Waals surface area contributed by atoms with Gasteiger partial charge in [0.15, 0.2) is 6.29 Å². The fourth-order valence-corrected chi connectivity index (χ4v) is 11.4. The van der Waals surface area contributed by atoms with E-state index < -0.39 is 0 Å². The van der Waals surface area contributed by atoms with E-state index in [2.05, 4.69) is 194 Å². The summed E-state index contributed by atoms with van der Waals surface area (Å²) in [5, 5.41) is 4.07. The topological polar surface area (TPSA) is 74.4 Å². The normalized spacial score (nSPS) is 12.2. The summed E-state index contributed by atoms with van der Waals surface area (Å²) in [6, 6.07) is 39.2. The highest BCUT2D eigenvalue weighted by Crippen LogP contribution is 2.43. The number of fused-ring (bicyclic) bond motifs is 10. The lowest BCUT2D eigenvalue weighted by atomic mass is 9.92. The maximum Gasteiger partial charge on any atom is 0.150 e. The molecule has 9 aromatic rings. The van der Waals surface area contributed by atoms with Crippen molar-refractivity contribution < 1.29 is 4.79 Å². The number of benzene rings is 6. The summed E-state index contributed by atoms with van der Waals surface area (Å²) in [5.41, 5.74) is 27.5. The molecule has 0 aliphatic carbocycles. The van der Waals surface area contributed by atoms with Crippen molar-refractivity contribution >= 4 is 74.2 Å². The highest BCUT2D eigenvalue weighted by atomic mass is 16.1. The summed E-state index contributed by atoms with van der Waals surface area (Å²) >= 11 is 0. The molecule has 0 amide bonds. The number of aromatic amines is 2. The van der Waals surface area contributed by atoms with Gasteiger partial charge in [0.2, 0.25) is 0 Å². The van der Waals surface area contributed by atoms with Crippen LogP contribution in [0.1, 0.15) is 83.2 Å². The number of H-pyrrole nitrogens is 2. The molecule has 2 N–H and O–H groups in total. The van der Waals surface area contributed by atoms with Crippen LogP contribution in [0.5, 0.6) is 0 Å². The average molecular weight is 869 g/mol. The van der Waals surface area contributed by atoms with E-state index in [1.165, 1.54) is 55.6 Å². The molecule has 0 saturated heterocycles. The van der Waals surface area contributed by atoms with Gasteiger partial charge in [-0.15, -0.1) is 0 Å². The fourth-order valence-electron chi connectivity index (χ4n) is 11.4. The maximum atomic E-state index is 12.4. The molecule has 0 spiro atoms. The summed E-state index contributed by atoms with van der Waals surface area (Å²) < 4.78 is 0. The van der Waals surface area contributed by atoms with E-state index in [9.17, 15) is 4.79 Å². The second-order valence-corrected chi connectivity index (χ2v) is 18.9. The predicted octanol–water partition coefficient (Wildman–Crippen LogP) is 16.2. The zero-order valence-corrected chi connectivity index (χ0v) is 39.6. The summed E-state index contributed by atoms with van der Waals surface area (Å²) in [7, 11) is 0. The number of hydrogen-bond acceptors (Lipinski definition) is 3. The summed E-state index contributed by atoms with van der Waals surface area (Å²) in [5.74, 6) is 0. The van der Waals surface area contributed by atoms with E-state index in [4.69, 9.17) is 9.97 Å². The first-order valence-electron chi connectivity index (χ1n) is 23.2. The zero-order chi connectivity index (χ0) is 46.4. The first-order valence-corrected chi connectivity index (χ1v) is 23.2. The molecular weight excluding hydrogens is 817 g/mol. The molecule has 5 nitrogen and oxygen atoms in total. The lowest BCUT2D eigenvalue weighted by Gasteiger charge is -2.14. The van der Waals surface area contributed by atoms with E-state index in [0.29, 0.717) is 5.56 Å². The van der Waals surface area contributed by atoms with E-state index in [-0.39, 0.29) is 0 Å². The second-order valence-electron chi connectivity index (χ2n) is 18.9. The van der Waals surface area contributed by atoms with E-state index in [1.54, 1.807) is 0 Å². The van der Waals surface area contributed by atoms with Crippen molar-refractivity contribution in [1.82, 2.24) is 19.9 Å². The van der Waals surface area contributed by atoms with Gasteiger partial charge in [0.05, 0.1) is 22.8 Å². The van der Waals surface area contributed by atoms with Crippen molar-refractivity contribution in [3.05, 3.63) is 188 Å². The molecular formula is C62H52N4O. The van der Waals surface area contributed by atoms with Crippen LogP contribution in [0, 0.1) is 62.3 Å². The summed E-state index contributed by atoms with van der Waals surface area (Å²) in [6.07, 6.45) is 9.69. The van der Waals surface area contributed by atoms with Crippen molar-refractivity contribution in [2.75, 3.05) is 0 Å². The van der Waals surface area contributed by atoms with Crippen LogP contribution >= 0.6 is 0 Å². The van der Waals surface area contributed by atoms with Gasteiger partial charge < -0.3 is 9.97 Å². The van der Waals surface area contributed by atoms with Crippen LogP contribution in [0.4, 0.5) is 0 Å². The lowest BCUT2D eigenvalue weighted by molar-refractivity contribution is 0.112. The number of carbonyl (C=O) groups is 1. The van der Waals surface area contributed by atoms with Gasteiger partial charge in [-0.05, 0) is 200 Å². The van der Waals surface area contributed by atoms with Gasteiger partial charge in [0, 0.05) is 49.9 Å². The quantitative estimate of drug-likeness (QED) is 0.134. The molecule has 6 aromatic carbocycles. The Morgan fingerprint density at radius 3 is 1.13 bits per heavy atom. The molecule has 0 unspecified atom stereocenters. The van der Waals surface area contributed by atoms with Crippen molar-refractivity contribution in [1.29, 1.82) is 0 Å². The van der Waals surface area contributed by atoms with Crippen LogP contribution in [0.3, 0.4) is 0 Å². The number of nitrogens with one attached hydrogen (secondary N) is 2. The molecule has 8 bridgehead atoms. The van der Waals surface area contributed by atoms with Crippen LogP contribution < -0.4 is 0 Å². The standard InChI is InChI=1S/C62H52N4O/c1-33-24-36(4)56(37(5)25-33)60-50-18-16-48(63-50)59(45-15-11-13-43-30-42-12-10-14-44(32-67)46(42)31-47(43)45)49-17-19-51(64-49)61(57-38(6)26-34(2)27-39(57)7)53-21-23-55(66-53)62(54-22-20-52(60)65-54)58-40(8)28-35(3)29-41(58)9/h10-32,63,66H,1-9H3. The van der Waals surface area contributed by atoms with Gasteiger partial charge in [-0.3, -0.25) is 4.79 Å². The molecule has 3 aromatic heterocycles. The Bertz CT molecular complexity index is 3750. The number of nitrogens with zero attached hydrogens (tertiary/aromatic N) is 2. The summed E-state index contributed by atoms with van der Waals surface area (Å²) in [4.78, 5) is 31.7. The third-order valence-corrected chi connectivity index (χ3v) is 13.8. The van der Waals surface area contributed by atoms with Crippen LogP contribution in [-0.4, -0.2) is 26.2 Å². The second kappa shape index (κ2) is 15.9. The molecule has 326 valence electrons. The number of aryl methyl sites for hydroxylation is 9. The molecule has 0 radical (unpaired) electrons. The highest BCUT2D eigenvalue weighted by Gasteiger charge is 2.23. The third kappa shape index (κ3) is 6.96. The van der Waals surface area contributed by atoms with Crippen LogP contribution in [0.25, 0.3) is 112 Å². The van der Waals surface area contributed by atoms with Gasteiger partial charge >= 0.3 is 0 Å². The molecule has 5 heterocycles. The first kappa shape index (κ1) is 41.8. The smallest absolute Gasteiger partial charge is 0.150 e. The van der Waals surface area contributed by atoms with E-state index in [0.717, 1.165) is 112 Å². The number of hydrogen-bond donors (Lipinski definition) is 2. The Morgan fingerprint density at radius 1 is 0.373 bits per heavy atom. The molecule has 0 atom stereocenters. The monoisotopic (exact) mass is 868 g/mol. The minimum Gasteiger partial charge on any atom is -0.354 e. The number of carbonyl (C=O) groups excluding carboxylic acids is 1. The lowest BCUT2D eigenvalue weighted by Crippen LogP contribution is -1.96. The van der Waals surface area contributed by atoms with Gasteiger partial charge in [-0.25, -0.2) is 9.97 Å².